The molecule has 2 nitrogen and oxygen atoms in total. The minimum Gasteiger partial charge on any atom is -0.468 e. The van der Waals surface area contributed by atoms with Crippen LogP contribution in [0.2, 0.25) is 0 Å². The second-order valence-electron chi connectivity index (χ2n) is 4.86. The van der Waals surface area contributed by atoms with Gasteiger partial charge in [0, 0.05) is 6.04 Å². The fourth-order valence-corrected chi connectivity index (χ4v) is 2.40. The van der Waals surface area contributed by atoms with Crippen molar-refractivity contribution >= 4 is 0 Å². The zero-order valence-electron chi connectivity index (χ0n) is 9.70. The molecule has 0 radical (unpaired) electrons. The highest BCUT2D eigenvalue weighted by molar-refractivity contribution is 5.03. The summed E-state index contributed by atoms with van der Waals surface area (Å²) in [6, 6.07) is 5.03. The third-order valence-electron chi connectivity index (χ3n) is 3.47. The Hall–Kier alpha value is -0.760. The van der Waals surface area contributed by atoms with Crippen molar-refractivity contribution in [2.75, 3.05) is 0 Å². The van der Waals surface area contributed by atoms with E-state index in [4.69, 9.17) is 4.42 Å². The molecule has 84 valence electrons. The van der Waals surface area contributed by atoms with Crippen LogP contribution < -0.4 is 5.32 Å². The number of furan rings is 1. The Kier molecular flexibility index (Phi) is 3.47. The zero-order chi connectivity index (χ0) is 10.7. The molecule has 1 atom stereocenters. The van der Waals surface area contributed by atoms with Gasteiger partial charge in [0.15, 0.2) is 0 Å². The first-order chi connectivity index (χ1) is 7.25. The first kappa shape index (κ1) is 10.7. The highest BCUT2D eigenvalue weighted by Crippen LogP contribution is 2.25. The topological polar surface area (TPSA) is 25.2 Å². The predicted octanol–water partition coefficient (Wildman–Crippen LogP) is 3.51. The van der Waals surface area contributed by atoms with E-state index in [0.717, 1.165) is 11.7 Å². The quantitative estimate of drug-likeness (QED) is 0.820. The number of hydrogen-bond donors (Lipinski definition) is 1. The lowest BCUT2D eigenvalue weighted by molar-refractivity contribution is 0.280. The van der Waals surface area contributed by atoms with Crippen LogP contribution >= 0.6 is 0 Å². The summed E-state index contributed by atoms with van der Waals surface area (Å²) in [6.07, 6.45) is 7.10. The molecule has 1 aliphatic carbocycles. The second kappa shape index (κ2) is 4.84. The lowest BCUT2D eigenvalue weighted by Crippen LogP contribution is -2.34. The van der Waals surface area contributed by atoms with Crippen molar-refractivity contribution in [3.8, 4) is 0 Å². The van der Waals surface area contributed by atoms with Gasteiger partial charge < -0.3 is 9.73 Å². The zero-order valence-corrected chi connectivity index (χ0v) is 9.70. The van der Waals surface area contributed by atoms with Crippen molar-refractivity contribution in [1.29, 1.82) is 0 Å². The third-order valence-corrected chi connectivity index (χ3v) is 3.47. The summed E-state index contributed by atoms with van der Waals surface area (Å²) in [6.45, 7) is 4.53. The van der Waals surface area contributed by atoms with Crippen LogP contribution in [0.3, 0.4) is 0 Å². The van der Waals surface area contributed by atoms with Crippen molar-refractivity contribution < 1.29 is 4.42 Å². The van der Waals surface area contributed by atoms with Gasteiger partial charge in [0.1, 0.15) is 5.76 Å². The van der Waals surface area contributed by atoms with Gasteiger partial charge in [-0.25, -0.2) is 0 Å². The molecule has 0 bridgehead atoms. The van der Waals surface area contributed by atoms with Gasteiger partial charge in [-0.1, -0.05) is 6.92 Å². The molecule has 0 spiro atoms. The molecule has 0 amide bonds. The number of rotatable bonds is 3. The monoisotopic (exact) mass is 207 g/mol. The van der Waals surface area contributed by atoms with Gasteiger partial charge in [-0.2, -0.15) is 0 Å². The highest BCUT2D eigenvalue weighted by Gasteiger charge is 2.20. The van der Waals surface area contributed by atoms with Gasteiger partial charge in [-0.3, -0.25) is 0 Å². The molecule has 1 aromatic heterocycles. The van der Waals surface area contributed by atoms with E-state index < -0.39 is 0 Å². The maximum absolute atomic E-state index is 5.40. The molecule has 1 fully saturated rings. The fourth-order valence-electron chi connectivity index (χ4n) is 2.40. The summed E-state index contributed by atoms with van der Waals surface area (Å²) in [5.41, 5.74) is 0. The van der Waals surface area contributed by atoms with Crippen LogP contribution in [0.15, 0.2) is 22.8 Å². The Bertz CT molecular complexity index is 273. The second-order valence-corrected chi connectivity index (χ2v) is 4.86. The summed E-state index contributed by atoms with van der Waals surface area (Å²) in [7, 11) is 0. The largest absolute Gasteiger partial charge is 0.468 e. The van der Waals surface area contributed by atoms with E-state index in [0.29, 0.717) is 12.1 Å². The molecule has 0 unspecified atom stereocenters. The smallest absolute Gasteiger partial charge is 0.120 e. The van der Waals surface area contributed by atoms with E-state index >= 15 is 0 Å². The highest BCUT2D eigenvalue weighted by atomic mass is 16.3. The van der Waals surface area contributed by atoms with Crippen molar-refractivity contribution in [3.05, 3.63) is 24.2 Å². The molecule has 1 aromatic rings. The number of hydrogen-bond acceptors (Lipinski definition) is 2. The molecule has 15 heavy (non-hydrogen) atoms. The van der Waals surface area contributed by atoms with Gasteiger partial charge in [0.2, 0.25) is 0 Å². The van der Waals surface area contributed by atoms with Crippen molar-refractivity contribution in [1.82, 2.24) is 5.32 Å². The lowest BCUT2D eigenvalue weighted by Gasteiger charge is -2.29. The molecule has 1 N–H and O–H groups in total. The Labute approximate surface area is 92.1 Å². The van der Waals surface area contributed by atoms with Crippen LogP contribution in [-0.2, 0) is 0 Å². The Morgan fingerprint density at radius 3 is 2.67 bits per heavy atom. The molecule has 1 heterocycles. The summed E-state index contributed by atoms with van der Waals surface area (Å²) in [5, 5.41) is 3.65. The molecule has 0 aromatic carbocycles. The lowest BCUT2D eigenvalue weighted by atomic mass is 9.87. The number of nitrogens with one attached hydrogen (secondary N) is 1. The van der Waals surface area contributed by atoms with E-state index in [2.05, 4.69) is 19.2 Å². The molecule has 2 heteroatoms. The summed E-state index contributed by atoms with van der Waals surface area (Å²) < 4.78 is 5.40. The molecular formula is C13H21NO. The summed E-state index contributed by atoms with van der Waals surface area (Å²) in [5.74, 6) is 1.97. The van der Waals surface area contributed by atoms with Crippen LogP contribution in [0.1, 0.15) is 51.3 Å². The maximum atomic E-state index is 5.40. The van der Waals surface area contributed by atoms with Crippen molar-refractivity contribution in [2.45, 2.75) is 51.6 Å². The molecule has 0 aliphatic heterocycles. The summed E-state index contributed by atoms with van der Waals surface area (Å²) >= 11 is 0. The minimum absolute atomic E-state index is 0.346. The van der Waals surface area contributed by atoms with Gasteiger partial charge in [0.25, 0.3) is 0 Å². The SMILES string of the molecule is CC1CCC(N[C@@H](C)c2ccco2)CC1. The van der Waals surface area contributed by atoms with Crippen LogP contribution in [0, 0.1) is 5.92 Å². The third kappa shape index (κ3) is 2.85. The van der Waals surface area contributed by atoms with Crippen LogP contribution in [0.4, 0.5) is 0 Å². The van der Waals surface area contributed by atoms with E-state index in [9.17, 15) is 0 Å². The first-order valence-electron chi connectivity index (χ1n) is 6.05. The van der Waals surface area contributed by atoms with Crippen LogP contribution in [0.25, 0.3) is 0 Å². The molecular weight excluding hydrogens is 186 g/mol. The van der Waals surface area contributed by atoms with E-state index in [-0.39, 0.29) is 0 Å². The molecule has 0 saturated heterocycles. The van der Waals surface area contributed by atoms with Crippen LogP contribution in [0.5, 0.6) is 0 Å². The van der Waals surface area contributed by atoms with Gasteiger partial charge in [-0.15, -0.1) is 0 Å². The Morgan fingerprint density at radius 1 is 1.33 bits per heavy atom. The van der Waals surface area contributed by atoms with Crippen LogP contribution in [-0.4, -0.2) is 6.04 Å². The fraction of sp³-hybridized carbons (Fsp3) is 0.692. The van der Waals surface area contributed by atoms with Crippen molar-refractivity contribution in [2.24, 2.45) is 5.92 Å². The average Bonchev–Trinajstić information content (AvgIpc) is 2.74. The van der Waals surface area contributed by atoms with E-state index in [1.807, 2.05) is 12.1 Å². The Morgan fingerprint density at radius 2 is 2.07 bits per heavy atom. The standard InChI is InChI=1S/C13H21NO/c1-10-5-7-12(8-6-10)14-11(2)13-4-3-9-15-13/h3-4,9-12,14H,5-8H2,1-2H3/t10?,11-,12?/m0/s1. The molecule has 2 rings (SSSR count). The maximum Gasteiger partial charge on any atom is 0.120 e. The Balaban J connectivity index is 1.82. The van der Waals surface area contributed by atoms with E-state index in [1.165, 1.54) is 25.7 Å². The normalized spacial score (nSPS) is 28.9. The summed E-state index contributed by atoms with van der Waals surface area (Å²) in [4.78, 5) is 0. The van der Waals surface area contributed by atoms with Gasteiger partial charge in [0.05, 0.1) is 12.3 Å². The minimum atomic E-state index is 0.346. The van der Waals surface area contributed by atoms with E-state index in [1.54, 1.807) is 6.26 Å². The average molecular weight is 207 g/mol. The van der Waals surface area contributed by atoms with Crippen molar-refractivity contribution in [3.63, 3.8) is 0 Å². The van der Waals surface area contributed by atoms with Gasteiger partial charge in [-0.05, 0) is 50.7 Å². The van der Waals surface area contributed by atoms with Gasteiger partial charge >= 0.3 is 0 Å². The molecule has 1 saturated carbocycles. The predicted molar refractivity (Wildman–Crippen MR) is 61.7 cm³/mol. The first-order valence-corrected chi connectivity index (χ1v) is 6.05. The molecule has 1 aliphatic rings.